The van der Waals surface area contributed by atoms with Gasteiger partial charge in [0, 0.05) is 13.0 Å². The number of halogens is 4. The molecule has 0 aliphatic heterocycles. The third kappa shape index (κ3) is 6.48. The van der Waals surface area contributed by atoms with Gasteiger partial charge in [0.25, 0.3) is 5.69 Å². The Morgan fingerprint density at radius 1 is 1.25 bits per heavy atom. The monoisotopic (exact) mass is 426 g/mol. The number of alkyl halides is 3. The van der Waals surface area contributed by atoms with Gasteiger partial charge in [-0.15, -0.1) is 0 Å². The van der Waals surface area contributed by atoms with E-state index in [4.69, 9.17) is 16.3 Å². The third-order valence-electron chi connectivity index (χ3n) is 3.06. The van der Waals surface area contributed by atoms with E-state index in [2.05, 4.69) is 9.99 Å². The first-order valence-electron chi connectivity index (χ1n) is 7.12. The van der Waals surface area contributed by atoms with Crippen LogP contribution < -0.4 is 4.74 Å². The molecule has 0 unspecified atom stereocenters. The first-order chi connectivity index (χ1) is 12.6. The van der Waals surface area contributed by atoms with Crippen LogP contribution in [0.5, 0.6) is 11.5 Å². The Morgan fingerprint density at radius 3 is 2.46 bits per heavy atom. The van der Waals surface area contributed by atoms with Crippen molar-refractivity contribution in [1.29, 1.82) is 0 Å². The number of hydrogen-bond donors (Lipinski definition) is 0. The van der Waals surface area contributed by atoms with E-state index in [1.165, 1.54) is 12.1 Å². The van der Waals surface area contributed by atoms with Crippen LogP contribution in [-0.4, -0.2) is 46.7 Å². The summed E-state index contributed by atoms with van der Waals surface area (Å²) in [7, 11) is 0. The van der Waals surface area contributed by atoms with Crippen molar-refractivity contribution in [3.63, 3.8) is 0 Å². The van der Waals surface area contributed by atoms with Gasteiger partial charge in [-0.3, -0.25) is 10.1 Å². The molecule has 144 valence electrons. The molecule has 2 rings (SSSR count). The second kappa shape index (κ2) is 9.87. The summed E-state index contributed by atoms with van der Waals surface area (Å²) < 4.78 is 43.4. The Hall–Kier alpha value is -2.14. The molecule has 0 saturated carbocycles. The molecular formula is C16H11ClF3N2NaO5. The van der Waals surface area contributed by atoms with Gasteiger partial charge in [-0.05, 0) is 30.3 Å². The molecule has 0 amide bonds. The normalized spacial score (nSPS) is 11.0. The summed E-state index contributed by atoms with van der Waals surface area (Å²) >= 11 is 5.81. The van der Waals surface area contributed by atoms with E-state index in [9.17, 15) is 28.1 Å². The summed E-state index contributed by atoms with van der Waals surface area (Å²) in [5.41, 5.74) is -1.35. The molecule has 0 atom stereocenters. The fraction of sp³-hybridized carbons (Fsp3) is 0.125. The number of nitrogens with zero attached hydrogens (tertiary/aromatic N) is 2. The molecule has 0 aliphatic rings. The summed E-state index contributed by atoms with van der Waals surface area (Å²) in [5, 5.41) is 14.1. The predicted octanol–water partition coefficient (Wildman–Crippen LogP) is 4.31. The molecular weight excluding hydrogens is 416 g/mol. The Balaban J connectivity index is 0.00000392. The van der Waals surface area contributed by atoms with E-state index in [-0.39, 0.29) is 57.3 Å². The summed E-state index contributed by atoms with van der Waals surface area (Å²) in [6.45, 7) is 1.10. The van der Waals surface area contributed by atoms with Crippen LogP contribution in [0.4, 0.5) is 18.9 Å². The van der Waals surface area contributed by atoms with Crippen LogP contribution in [0.1, 0.15) is 18.1 Å². The average molecular weight is 427 g/mol. The van der Waals surface area contributed by atoms with Crippen LogP contribution in [0.2, 0.25) is 5.02 Å². The van der Waals surface area contributed by atoms with Crippen molar-refractivity contribution in [2.24, 2.45) is 5.16 Å². The number of nitro benzene ring substituents is 1. The zero-order valence-corrected chi connectivity index (χ0v) is 14.2. The number of carbonyl (C=O) groups is 1. The van der Waals surface area contributed by atoms with E-state index in [1.54, 1.807) is 0 Å². The molecule has 0 bridgehead atoms. The van der Waals surface area contributed by atoms with Gasteiger partial charge in [0.05, 0.1) is 27.3 Å². The van der Waals surface area contributed by atoms with E-state index in [0.29, 0.717) is 6.07 Å². The minimum absolute atomic E-state index is 0. The molecule has 0 heterocycles. The van der Waals surface area contributed by atoms with E-state index >= 15 is 0 Å². The molecule has 2 aromatic rings. The summed E-state index contributed by atoms with van der Waals surface area (Å²) in [5.74, 6) is -0.759. The number of nitro groups is 1. The molecule has 28 heavy (non-hydrogen) atoms. The quantitative estimate of drug-likeness (QED) is 0.234. The predicted molar refractivity (Wildman–Crippen MR) is 96.1 cm³/mol. The van der Waals surface area contributed by atoms with Crippen molar-refractivity contribution in [3.05, 3.63) is 62.7 Å². The number of benzene rings is 2. The second-order valence-electron chi connectivity index (χ2n) is 5.04. The van der Waals surface area contributed by atoms with Crippen LogP contribution in [0.15, 0.2) is 41.6 Å². The molecule has 0 aromatic heterocycles. The van der Waals surface area contributed by atoms with E-state index in [1.807, 2.05) is 0 Å². The Bertz CT molecular complexity index is 922. The number of ether oxygens (including phenoxy) is 1. The minimum atomic E-state index is -4.56. The zero-order valence-electron chi connectivity index (χ0n) is 13.5. The van der Waals surface area contributed by atoms with Crippen LogP contribution in [-0.2, 0) is 15.8 Å². The molecule has 2 aromatic carbocycles. The zero-order chi connectivity index (χ0) is 20.2. The summed E-state index contributed by atoms with van der Waals surface area (Å²) in [6, 6.07) is 6.04. The fourth-order valence-corrected chi connectivity index (χ4v) is 2.13. The Morgan fingerprint density at radius 2 is 1.93 bits per heavy atom. The fourth-order valence-electron chi connectivity index (χ4n) is 1.91. The topological polar surface area (TPSA) is 91.0 Å². The van der Waals surface area contributed by atoms with Crippen LogP contribution in [0.3, 0.4) is 0 Å². The van der Waals surface area contributed by atoms with Crippen molar-refractivity contribution in [1.82, 2.24) is 0 Å². The molecule has 0 aliphatic carbocycles. The van der Waals surface area contributed by atoms with Gasteiger partial charge in [0.1, 0.15) is 11.5 Å². The number of oxime groups is 1. The van der Waals surface area contributed by atoms with E-state index < -0.39 is 22.6 Å². The van der Waals surface area contributed by atoms with Crippen molar-refractivity contribution in [3.8, 4) is 11.5 Å². The first-order valence-corrected chi connectivity index (χ1v) is 7.49. The van der Waals surface area contributed by atoms with Gasteiger partial charge >= 0.3 is 41.7 Å². The van der Waals surface area contributed by atoms with E-state index in [0.717, 1.165) is 31.3 Å². The molecule has 0 fully saturated rings. The molecule has 12 heteroatoms. The molecule has 0 N–H and O–H groups in total. The first kappa shape index (κ1) is 23.9. The third-order valence-corrected chi connectivity index (χ3v) is 3.35. The van der Waals surface area contributed by atoms with Crippen molar-refractivity contribution in [2.75, 3.05) is 0 Å². The molecule has 7 nitrogen and oxygen atoms in total. The van der Waals surface area contributed by atoms with Crippen LogP contribution >= 0.6 is 11.6 Å². The van der Waals surface area contributed by atoms with Gasteiger partial charge < -0.3 is 9.57 Å². The molecule has 0 saturated heterocycles. The molecule has 0 spiro atoms. The summed E-state index contributed by atoms with van der Waals surface area (Å²) in [4.78, 5) is 25.4. The van der Waals surface area contributed by atoms with Crippen molar-refractivity contribution >= 4 is 59.0 Å². The second-order valence-corrected chi connectivity index (χ2v) is 5.45. The van der Waals surface area contributed by atoms with Gasteiger partial charge in [-0.1, -0.05) is 16.8 Å². The van der Waals surface area contributed by atoms with Gasteiger partial charge in [-0.25, -0.2) is 4.79 Å². The summed E-state index contributed by atoms with van der Waals surface area (Å²) in [6.07, 6.45) is -3.63. The molecule has 0 radical (unpaired) electrons. The maximum absolute atomic E-state index is 12.7. The van der Waals surface area contributed by atoms with Gasteiger partial charge in [-0.2, -0.15) is 13.2 Å². The van der Waals surface area contributed by atoms with Crippen molar-refractivity contribution < 1.29 is 32.5 Å². The standard InChI is InChI=1S/C16H10ClF3N2O5.Na.H/c1-9(23)27-21-8-10-6-12(3-4-14(10)22(24)25)26-15-5-2-11(7-13(15)17)16(18,19)20;;/h2-8H,1H3;;. The van der Waals surface area contributed by atoms with Crippen LogP contribution in [0, 0.1) is 10.1 Å². The average Bonchev–Trinajstić information content (AvgIpc) is 2.55. The maximum atomic E-state index is 12.7. The number of carbonyl (C=O) groups excluding carboxylic acids is 1. The SMILES string of the molecule is CC(=O)ON=Cc1cc(Oc2ccc(C(F)(F)F)cc2Cl)ccc1[N+](=O)[O-].[NaH]. The number of hydrogen-bond acceptors (Lipinski definition) is 6. The van der Waals surface area contributed by atoms with Gasteiger partial charge in [0.15, 0.2) is 0 Å². The number of rotatable bonds is 5. The Labute approximate surface area is 183 Å². The van der Waals surface area contributed by atoms with Gasteiger partial charge in [0.2, 0.25) is 0 Å². The Kier molecular flexibility index (Phi) is 8.43. The van der Waals surface area contributed by atoms with Crippen LogP contribution in [0.25, 0.3) is 0 Å². The van der Waals surface area contributed by atoms with Crippen molar-refractivity contribution in [2.45, 2.75) is 13.1 Å².